The van der Waals surface area contributed by atoms with Gasteiger partial charge < -0.3 is 15.0 Å². The Labute approximate surface area is 150 Å². The number of carbonyl (C=O) groups is 2. The number of carbonyl (C=O) groups excluding carboxylic acids is 2. The molecule has 0 aliphatic carbocycles. The van der Waals surface area contributed by atoms with E-state index in [1.807, 2.05) is 6.07 Å². The van der Waals surface area contributed by atoms with E-state index in [4.69, 9.17) is 10.00 Å². The zero-order valence-corrected chi connectivity index (χ0v) is 14.8. The summed E-state index contributed by atoms with van der Waals surface area (Å²) in [5.74, 6) is -0.822. The van der Waals surface area contributed by atoms with Gasteiger partial charge in [0.15, 0.2) is 0 Å². The average Bonchev–Trinajstić information content (AvgIpc) is 2.61. The first kappa shape index (κ1) is 18.9. The summed E-state index contributed by atoms with van der Waals surface area (Å²) >= 11 is 0. The molecule has 1 aromatic carbocycles. The minimum absolute atomic E-state index is 0.0574. The number of aromatic amines is 1. The van der Waals surface area contributed by atoms with E-state index in [1.54, 1.807) is 38.1 Å². The second-order valence-corrected chi connectivity index (χ2v) is 5.75. The normalized spacial score (nSPS) is 10.1. The fraction of sp³-hybridized carbons (Fsp3) is 0.263. The Hall–Kier alpha value is -3.40. The summed E-state index contributed by atoms with van der Waals surface area (Å²) in [5, 5.41) is 11.8. The largest absolute Gasteiger partial charge is 0.465 e. The summed E-state index contributed by atoms with van der Waals surface area (Å²) in [7, 11) is 1.27. The number of pyridine rings is 1. The lowest BCUT2D eigenvalue weighted by molar-refractivity contribution is -0.116. The van der Waals surface area contributed by atoms with Gasteiger partial charge in [-0.25, -0.2) is 4.79 Å². The molecule has 0 atom stereocenters. The van der Waals surface area contributed by atoms with Crippen molar-refractivity contribution in [1.82, 2.24) is 4.98 Å². The van der Waals surface area contributed by atoms with Gasteiger partial charge in [-0.15, -0.1) is 0 Å². The second kappa shape index (κ2) is 8.12. The number of benzene rings is 1. The van der Waals surface area contributed by atoms with Crippen LogP contribution in [-0.2, 0) is 16.0 Å². The van der Waals surface area contributed by atoms with Crippen LogP contribution in [0, 0.1) is 25.2 Å². The van der Waals surface area contributed by atoms with Gasteiger partial charge in [-0.3, -0.25) is 9.59 Å². The van der Waals surface area contributed by atoms with E-state index >= 15 is 0 Å². The smallest absolute Gasteiger partial charge is 0.339 e. The standard InChI is InChI=1S/C19H19N3O4/c1-11-13(12(2)21-18(24)15(11)10-20)8-9-17(23)22-16-7-5-4-6-14(16)19(25)26-3/h4-7H,8-9H2,1-3H3,(H,21,24)(H,22,23). The number of hydrogen-bond acceptors (Lipinski definition) is 5. The Morgan fingerprint density at radius 2 is 1.96 bits per heavy atom. The van der Waals surface area contributed by atoms with Crippen molar-refractivity contribution in [2.24, 2.45) is 0 Å². The summed E-state index contributed by atoms with van der Waals surface area (Å²) in [6, 6.07) is 8.46. The van der Waals surface area contributed by atoms with Crippen molar-refractivity contribution in [2.45, 2.75) is 26.7 Å². The zero-order valence-electron chi connectivity index (χ0n) is 14.8. The number of nitriles is 1. The number of aromatic nitrogens is 1. The highest BCUT2D eigenvalue weighted by Crippen LogP contribution is 2.18. The molecular formula is C19H19N3O4. The minimum Gasteiger partial charge on any atom is -0.465 e. The molecule has 0 bridgehead atoms. The summed E-state index contributed by atoms with van der Waals surface area (Å²) < 4.78 is 4.70. The molecular weight excluding hydrogens is 334 g/mol. The van der Waals surface area contributed by atoms with Crippen LogP contribution >= 0.6 is 0 Å². The molecule has 0 saturated carbocycles. The highest BCUT2D eigenvalue weighted by atomic mass is 16.5. The van der Waals surface area contributed by atoms with E-state index in [2.05, 4.69) is 10.3 Å². The molecule has 0 unspecified atom stereocenters. The Morgan fingerprint density at radius 1 is 1.27 bits per heavy atom. The van der Waals surface area contributed by atoms with Crippen molar-refractivity contribution < 1.29 is 14.3 Å². The number of hydrogen-bond donors (Lipinski definition) is 2. The molecule has 0 spiro atoms. The Balaban J connectivity index is 2.16. The van der Waals surface area contributed by atoms with E-state index in [0.717, 1.165) is 5.56 Å². The topological polar surface area (TPSA) is 112 Å². The van der Waals surface area contributed by atoms with Crippen LogP contribution in [0.3, 0.4) is 0 Å². The van der Waals surface area contributed by atoms with Crippen LogP contribution in [0.1, 0.15) is 39.2 Å². The molecule has 134 valence electrons. The van der Waals surface area contributed by atoms with Crippen LogP contribution in [0.4, 0.5) is 5.69 Å². The molecule has 2 rings (SSSR count). The summed E-state index contributed by atoms with van der Waals surface area (Å²) in [6.45, 7) is 3.43. The Kier molecular flexibility index (Phi) is 5.91. The monoisotopic (exact) mass is 353 g/mol. The molecule has 1 amide bonds. The Morgan fingerprint density at radius 3 is 2.62 bits per heavy atom. The first-order valence-electron chi connectivity index (χ1n) is 7.98. The van der Waals surface area contributed by atoms with Gasteiger partial charge in [0.1, 0.15) is 11.6 Å². The van der Waals surface area contributed by atoms with Crippen LogP contribution < -0.4 is 10.9 Å². The first-order chi connectivity index (χ1) is 12.4. The van der Waals surface area contributed by atoms with Crippen molar-refractivity contribution >= 4 is 17.6 Å². The van der Waals surface area contributed by atoms with Crippen LogP contribution in [0.2, 0.25) is 0 Å². The third kappa shape index (κ3) is 3.98. The van der Waals surface area contributed by atoms with Crippen LogP contribution in [0.5, 0.6) is 0 Å². The highest BCUT2D eigenvalue weighted by molar-refractivity contribution is 6.01. The zero-order chi connectivity index (χ0) is 19.3. The maximum atomic E-state index is 12.3. The molecule has 0 saturated heterocycles. The molecule has 2 aromatic rings. The van der Waals surface area contributed by atoms with Gasteiger partial charge >= 0.3 is 5.97 Å². The number of nitrogens with one attached hydrogen (secondary N) is 2. The fourth-order valence-corrected chi connectivity index (χ4v) is 2.75. The predicted molar refractivity (Wildman–Crippen MR) is 96.0 cm³/mol. The molecule has 7 nitrogen and oxygen atoms in total. The van der Waals surface area contributed by atoms with Crippen molar-refractivity contribution in [3.8, 4) is 6.07 Å². The molecule has 0 radical (unpaired) electrons. The lowest BCUT2D eigenvalue weighted by atomic mass is 9.99. The van der Waals surface area contributed by atoms with Crippen molar-refractivity contribution in [1.29, 1.82) is 5.26 Å². The lowest BCUT2D eigenvalue weighted by Gasteiger charge is -2.12. The summed E-state index contributed by atoms with van der Waals surface area (Å²) in [5.41, 5.74) is 2.25. The van der Waals surface area contributed by atoms with Crippen LogP contribution in [-0.4, -0.2) is 24.0 Å². The maximum absolute atomic E-state index is 12.3. The number of esters is 1. The minimum atomic E-state index is -0.535. The molecule has 26 heavy (non-hydrogen) atoms. The van der Waals surface area contributed by atoms with Gasteiger partial charge in [0.2, 0.25) is 5.91 Å². The van der Waals surface area contributed by atoms with Gasteiger partial charge in [0, 0.05) is 12.1 Å². The van der Waals surface area contributed by atoms with Gasteiger partial charge in [-0.1, -0.05) is 12.1 Å². The van der Waals surface area contributed by atoms with E-state index < -0.39 is 11.5 Å². The first-order valence-corrected chi connectivity index (χ1v) is 7.98. The third-order valence-corrected chi connectivity index (χ3v) is 4.13. The van der Waals surface area contributed by atoms with Crippen molar-refractivity contribution in [2.75, 3.05) is 12.4 Å². The SMILES string of the molecule is COC(=O)c1ccccc1NC(=O)CCc1c(C)[nH]c(=O)c(C#N)c1C. The van der Waals surface area contributed by atoms with Crippen LogP contribution in [0.15, 0.2) is 29.1 Å². The number of rotatable bonds is 5. The highest BCUT2D eigenvalue weighted by Gasteiger charge is 2.15. The molecule has 0 fully saturated rings. The van der Waals surface area contributed by atoms with E-state index in [0.29, 0.717) is 23.4 Å². The van der Waals surface area contributed by atoms with Gasteiger partial charge in [0.25, 0.3) is 5.56 Å². The molecule has 0 aliphatic rings. The summed E-state index contributed by atoms with van der Waals surface area (Å²) in [6.07, 6.45) is 0.490. The number of para-hydroxylation sites is 1. The third-order valence-electron chi connectivity index (χ3n) is 4.13. The molecule has 1 heterocycles. The predicted octanol–water partition coefficient (Wildman–Crippen LogP) is 2.22. The van der Waals surface area contributed by atoms with E-state index in [9.17, 15) is 14.4 Å². The quantitative estimate of drug-likeness (QED) is 0.801. The number of amides is 1. The number of methoxy groups -OCH3 is 1. The molecule has 0 aliphatic heterocycles. The van der Waals surface area contributed by atoms with Crippen molar-refractivity contribution in [3.05, 3.63) is 62.6 Å². The van der Waals surface area contributed by atoms with Crippen LogP contribution in [0.25, 0.3) is 0 Å². The number of H-pyrrole nitrogens is 1. The van der Waals surface area contributed by atoms with E-state index in [1.165, 1.54) is 7.11 Å². The van der Waals surface area contributed by atoms with Gasteiger partial charge in [-0.05, 0) is 43.5 Å². The number of anilines is 1. The molecule has 7 heteroatoms. The van der Waals surface area contributed by atoms with Gasteiger partial charge in [0.05, 0.1) is 18.4 Å². The second-order valence-electron chi connectivity index (χ2n) is 5.75. The Bertz CT molecular complexity index is 954. The number of ether oxygens (including phenoxy) is 1. The molecule has 2 N–H and O–H groups in total. The van der Waals surface area contributed by atoms with Gasteiger partial charge in [-0.2, -0.15) is 5.26 Å². The van der Waals surface area contributed by atoms with Crippen molar-refractivity contribution in [3.63, 3.8) is 0 Å². The average molecular weight is 353 g/mol. The number of nitrogens with zero attached hydrogens (tertiary/aromatic N) is 1. The summed E-state index contributed by atoms with van der Waals surface area (Å²) in [4.78, 5) is 38.4. The molecule has 1 aromatic heterocycles. The van der Waals surface area contributed by atoms with E-state index in [-0.39, 0.29) is 23.5 Å². The number of aryl methyl sites for hydroxylation is 1. The lowest BCUT2D eigenvalue weighted by Crippen LogP contribution is -2.19. The maximum Gasteiger partial charge on any atom is 0.339 e. The fourth-order valence-electron chi connectivity index (χ4n) is 2.75.